The Labute approximate surface area is 118 Å². The summed E-state index contributed by atoms with van der Waals surface area (Å²) in [6, 6.07) is 3.47. The van der Waals surface area contributed by atoms with Gasteiger partial charge in [-0.1, -0.05) is 0 Å². The minimum atomic E-state index is -3.41. The second-order valence-electron chi connectivity index (χ2n) is 5.16. The predicted molar refractivity (Wildman–Crippen MR) is 75.7 cm³/mol. The molecular formula is C12H20N2O3S2. The summed E-state index contributed by atoms with van der Waals surface area (Å²) < 4.78 is 26.7. The zero-order valence-corrected chi connectivity index (χ0v) is 12.6. The number of sulfonamides is 1. The minimum absolute atomic E-state index is 0.373. The SMILES string of the molecule is CC1(O)CCN(S(=O)(=O)c2ccc(CCN)s2)CC1. The Balaban J connectivity index is 2.13. The van der Waals surface area contributed by atoms with E-state index in [2.05, 4.69) is 0 Å². The molecule has 1 aromatic rings. The number of hydrogen-bond donors (Lipinski definition) is 2. The van der Waals surface area contributed by atoms with Crippen LogP contribution >= 0.6 is 11.3 Å². The van der Waals surface area contributed by atoms with Gasteiger partial charge < -0.3 is 10.8 Å². The molecule has 0 atom stereocenters. The highest BCUT2D eigenvalue weighted by Crippen LogP contribution is 2.29. The fourth-order valence-electron chi connectivity index (χ4n) is 2.11. The molecule has 1 aromatic heterocycles. The molecule has 0 aliphatic carbocycles. The molecule has 1 saturated heterocycles. The first kappa shape index (κ1) is 14.9. The lowest BCUT2D eigenvalue weighted by molar-refractivity contribution is 0.0126. The lowest BCUT2D eigenvalue weighted by Crippen LogP contribution is -2.44. The summed E-state index contributed by atoms with van der Waals surface area (Å²) in [5.41, 5.74) is 4.73. The first-order chi connectivity index (χ1) is 8.85. The summed E-state index contributed by atoms with van der Waals surface area (Å²) in [4.78, 5) is 0.991. The second kappa shape index (κ2) is 5.49. The molecule has 2 heterocycles. The van der Waals surface area contributed by atoms with E-state index in [1.54, 1.807) is 13.0 Å². The standard InChI is InChI=1S/C12H20N2O3S2/c1-12(15)5-8-14(9-6-12)19(16,17)11-3-2-10(18-11)4-7-13/h2-3,15H,4-9,13H2,1H3. The largest absolute Gasteiger partial charge is 0.390 e. The molecule has 3 N–H and O–H groups in total. The van der Waals surface area contributed by atoms with Crippen LogP contribution in [0, 0.1) is 0 Å². The molecule has 19 heavy (non-hydrogen) atoms. The average molecular weight is 304 g/mol. The van der Waals surface area contributed by atoms with Crippen molar-refractivity contribution in [3.8, 4) is 0 Å². The Bertz CT molecular complexity index is 527. The van der Waals surface area contributed by atoms with Crippen molar-refractivity contribution in [3.05, 3.63) is 17.0 Å². The molecule has 0 radical (unpaired) electrons. The Kier molecular flexibility index (Phi) is 4.32. The zero-order valence-electron chi connectivity index (χ0n) is 11.0. The molecule has 0 amide bonds. The van der Waals surface area contributed by atoms with Gasteiger partial charge in [-0.3, -0.25) is 0 Å². The van der Waals surface area contributed by atoms with E-state index in [1.807, 2.05) is 6.07 Å². The average Bonchev–Trinajstić information content (AvgIpc) is 2.78. The molecule has 0 saturated carbocycles. The maximum absolute atomic E-state index is 12.4. The fourth-order valence-corrected chi connectivity index (χ4v) is 5.08. The van der Waals surface area contributed by atoms with Crippen LogP contribution in [0.1, 0.15) is 24.6 Å². The van der Waals surface area contributed by atoms with Crippen LogP contribution in [0.2, 0.25) is 0 Å². The number of nitrogens with zero attached hydrogens (tertiary/aromatic N) is 1. The van der Waals surface area contributed by atoms with Crippen LogP contribution < -0.4 is 5.73 Å². The summed E-state index contributed by atoms with van der Waals surface area (Å²) in [6.45, 7) is 3.02. The third kappa shape index (κ3) is 3.35. The molecule has 1 aliphatic heterocycles. The van der Waals surface area contributed by atoms with Gasteiger partial charge in [0.25, 0.3) is 10.0 Å². The van der Waals surface area contributed by atoms with Crippen LogP contribution in [-0.2, 0) is 16.4 Å². The molecule has 5 nitrogen and oxygen atoms in total. The van der Waals surface area contributed by atoms with Gasteiger partial charge in [0, 0.05) is 18.0 Å². The highest BCUT2D eigenvalue weighted by atomic mass is 32.2. The van der Waals surface area contributed by atoms with Crippen molar-refractivity contribution in [2.75, 3.05) is 19.6 Å². The van der Waals surface area contributed by atoms with Crippen molar-refractivity contribution in [3.63, 3.8) is 0 Å². The highest BCUT2D eigenvalue weighted by molar-refractivity contribution is 7.91. The first-order valence-electron chi connectivity index (χ1n) is 6.36. The van der Waals surface area contributed by atoms with E-state index in [-0.39, 0.29) is 0 Å². The van der Waals surface area contributed by atoms with Gasteiger partial charge in [-0.15, -0.1) is 11.3 Å². The third-order valence-electron chi connectivity index (χ3n) is 3.42. The maximum atomic E-state index is 12.4. The molecule has 2 rings (SSSR count). The molecule has 1 fully saturated rings. The van der Waals surface area contributed by atoms with Crippen molar-refractivity contribution >= 4 is 21.4 Å². The number of aliphatic hydroxyl groups is 1. The quantitative estimate of drug-likeness (QED) is 0.861. The van der Waals surface area contributed by atoms with Crippen molar-refractivity contribution in [1.29, 1.82) is 0 Å². The van der Waals surface area contributed by atoms with Gasteiger partial charge in [-0.05, 0) is 44.9 Å². The second-order valence-corrected chi connectivity index (χ2v) is 8.49. The molecule has 0 bridgehead atoms. The lowest BCUT2D eigenvalue weighted by atomic mass is 9.95. The Morgan fingerprint density at radius 3 is 2.63 bits per heavy atom. The van der Waals surface area contributed by atoms with E-state index in [4.69, 9.17) is 5.73 Å². The van der Waals surface area contributed by atoms with Gasteiger partial charge in [0.05, 0.1) is 5.60 Å². The minimum Gasteiger partial charge on any atom is -0.390 e. The Morgan fingerprint density at radius 1 is 1.42 bits per heavy atom. The normalized spacial score (nSPS) is 20.6. The zero-order chi connectivity index (χ0) is 14.1. The van der Waals surface area contributed by atoms with E-state index in [0.717, 1.165) is 4.88 Å². The van der Waals surface area contributed by atoms with Crippen LogP contribution in [0.4, 0.5) is 0 Å². The number of thiophene rings is 1. The number of hydrogen-bond acceptors (Lipinski definition) is 5. The van der Waals surface area contributed by atoms with Crippen LogP contribution in [0.5, 0.6) is 0 Å². The summed E-state index contributed by atoms with van der Waals surface area (Å²) >= 11 is 1.29. The summed E-state index contributed by atoms with van der Waals surface area (Å²) in [5.74, 6) is 0. The molecule has 0 aromatic carbocycles. The van der Waals surface area contributed by atoms with E-state index >= 15 is 0 Å². The predicted octanol–water partition coefficient (Wildman–Crippen LogP) is 0.785. The third-order valence-corrected chi connectivity index (χ3v) is 6.93. The van der Waals surface area contributed by atoms with Crippen LogP contribution in [0.3, 0.4) is 0 Å². The maximum Gasteiger partial charge on any atom is 0.252 e. The van der Waals surface area contributed by atoms with Gasteiger partial charge in [-0.2, -0.15) is 4.31 Å². The van der Waals surface area contributed by atoms with Crippen LogP contribution in [0.15, 0.2) is 16.3 Å². The van der Waals surface area contributed by atoms with E-state index in [9.17, 15) is 13.5 Å². The van der Waals surface area contributed by atoms with Crippen LogP contribution in [0.25, 0.3) is 0 Å². The van der Waals surface area contributed by atoms with Crippen molar-refractivity contribution in [1.82, 2.24) is 4.31 Å². The molecule has 108 valence electrons. The summed E-state index contributed by atoms with van der Waals surface area (Å²) in [5, 5.41) is 9.87. The van der Waals surface area contributed by atoms with E-state index in [1.165, 1.54) is 15.6 Å². The Hall–Kier alpha value is -0.470. The van der Waals surface area contributed by atoms with E-state index < -0.39 is 15.6 Å². The number of nitrogens with two attached hydrogens (primary N) is 1. The number of piperidine rings is 1. The smallest absolute Gasteiger partial charge is 0.252 e. The Morgan fingerprint density at radius 2 is 2.05 bits per heavy atom. The number of rotatable bonds is 4. The van der Waals surface area contributed by atoms with Gasteiger partial charge >= 0.3 is 0 Å². The van der Waals surface area contributed by atoms with Crippen LogP contribution in [-0.4, -0.2) is 43.1 Å². The van der Waals surface area contributed by atoms with Crippen molar-refractivity contribution in [2.45, 2.75) is 36.0 Å². The van der Waals surface area contributed by atoms with Crippen molar-refractivity contribution < 1.29 is 13.5 Å². The van der Waals surface area contributed by atoms with Gasteiger partial charge in [0.2, 0.25) is 0 Å². The topological polar surface area (TPSA) is 83.6 Å². The first-order valence-corrected chi connectivity index (χ1v) is 8.62. The van der Waals surface area contributed by atoms with Gasteiger partial charge in [0.15, 0.2) is 0 Å². The lowest BCUT2D eigenvalue weighted by Gasteiger charge is -2.34. The van der Waals surface area contributed by atoms with E-state index in [0.29, 0.717) is 43.1 Å². The molecule has 1 aliphatic rings. The molecular weight excluding hydrogens is 284 g/mol. The highest BCUT2D eigenvalue weighted by Gasteiger charge is 2.34. The summed E-state index contributed by atoms with van der Waals surface area (Å²) in [6.07, 6.45) is 1.66. The molecule has 0 spiro atoms. The molecule has 7 heteroatoms. The van der Waals surface area contributed by atoms with Gasteiger partial charge in [0.1, 0.15) is 4.21 Å². The van der Waals surface area contributed by atoms with Gasteiger partial charge in [-0.25, -0.2) is 8.42 Å². The molecule has 0 unspecified atom stereocenters. The fraction of sp³-hybridized carbons (Fsp3) is 0.667. The van der Waals surface area contributed by atoms with Crippen molar-refractivity contribution in [2.24, 2.45) is 5.73 Å². The monoisotopic (exact) mass is 304 g/mol. The summed E-state index contributed by atoms with van der Waals surface area (Å²) in [7, 11) is -3.41.